The van der Waals surface area contributed by atoms with Gasteiger partial charge in [-0.05, 0) is 23.0 Å². The zero-order valence-corrected chi connectivity index (χ0v) is 10.7. The minimum absolute atomic E-state index is 0.301. The second-order valence-electron chi connectivity index (χ2n) is 5.57. The van der Waals surface area contributed by atoms with Crippen molar-refractivity contribution < 1.29 is 4.74 Å². The van der Waals surface area contributed by atoms with Crippen molar-refractivity contribution in [2.45, 2.75) is 33.7 Å². The normalized spacial score (nSPS) is 21.6. The van der Waals surface area contributed by atoms with Gasteiger partial charge in [-0.25, -0.2) is 4.98 Å². The molecule has 0 aromatic carbocycles. The number of methoxy groups -OCH3 is 1. The summed E-state index contributed by atoms with van der Waals surface area (Å²) in [6.07, 6.45) is 1.78. The van der Waals surface area contributed by atoms with E-state index in [0.29, 0.717) is 16.9 Å². The van der Waals surface area contributed by atoms with E-state index in [1.165, 1.54) is 0 Å². The van der Waals surface area contributed by atoms with Gasteiger partial charge in [0.25, 0.3) is 0 Å². The fraction of sp³-hybridized carbons (Fsp3) is 0.615. The predicted molar refractivity (Wildman–Crippen MR) is 65.8 cm³/mol. The van der Waals surface area contributed by atoms with Gasteiger partial charge in [0, 0.05) is 12.2 Å². The van der Waals surface area contributed by atoms with Crippen molar-refractivity contribution in [1.82, 2.24) is 4.98 Å². The molecule has 0 unspecified atom stereocenters. The number of nitrogens with one attached hydrogen (secondary N) is 1. The lowest BCUT2D eigenvalue weighted by molar-refractivity contribution is 0.414. The number of aromatic nitrogens is 1. The largest absolute Gasteiger partial charge is 0.493 e. The zero-order chi connectivity index (χ0) is 12.0. The second kappa shape index (κ2) is 3.37. The van der Waals surface area contributed by atoms with Gasteiger partial charge in [0.15, 0.2) is 11.6 Å². The Balaban J connectivity index is 2.18. The van der Waals surface area contributed by atoms with E-state index in [1.54, 1.807) is 13.3 Å². The Morgan fingerprint density at radius 2 is 1.88 bits per heavy atom. The van der Waals surface area contributed by atoms with Crippen LogP contribution in [0.1, 0.15) is 27.7 Å². The number of ether oxygens (including phenoxy) is 1. The Hall–Kier alpha value is -1.25. The minimum atomic E-state index is 0.301. The molecule has 0 atom stereocenters. The number of rotatable bonds is 3. The van der Waals surface area contributed by atoms with Crippen molar-refractivity contribution >= 4 is 5.82 Å². The van der Waals surface area contributed by atoms with E-state index in [4.69, 9.17) is 4.74 Å². The molecule has 1 aromatic rings. The lowest BCUT2D eigenvalue weighted by Crippen LogP contribution is -2.12. The van der Waals surface area contributed by atoms with Crippen LogP contribution in [-0.2, 0) is 0 Å². The topological polar surface area (TPSA) is 34.1 Å². The molecule has 1 N–H and O–H groups in total. The summed E-state index contributed by atoms with van der Waals surface area (Å²) in [4.78, 5) is 4.32. The van der Waals surface area contributed by atoms with Crippen LogP contribution in [0.15, 0.2) is 18.3 Å². The smallest absolute Gasteiger partial charge is 0.168 e. The molecule has 16 heavy (non-hydrogen) atoms. The summed E-state index contributed by atoms with van der Waals surface area (Å²) in [7, 11) is 1.67. The van der Waals surface area contributed by atoms with Crippen LogP contribution in [0, 0.1) is 10.8 Å². The molecular weight excluding hydrogens is 200 g/mol. The van der Waals surface area contributed by atoms with Gasteiger partial charge in [-0.15, -0.1) is 0 Å². The molecule has 1 fully saturated rings. The van der Waals surface area contributed by atoms with Crippen molar-refractivity contribution in [3.05, 3.63) is 18.3 Å². The summed E-state index contributed by atoms with van der Waals surface area (Å²) < 4.78 is 5.29. The highest BCUT2D eigenvalue weighted by molar-refractivity contribution is 5.52. The molecule has 0 bridgehead atoms. The first kappa shape index (κ1) is 11.2. The van der Waals surface area contributed by atoms with Crippen LogP contribution in [0.5, 0.6) is 5.75 Å². The maximum atomic E-state index is 5.29. The fourth-order valence-electron chi connectivity index (χ4n) is 2.36. The number of hydrogen-bond acceptors (Lipinski definition) is 3. The Kier molecular flexibility index (Phi) is 2.37. The third kappa shape index (κ3) is 1.46. The van der Waals surface area contributed by atoms with Crippen molar-refractivity contribution in [2.24, 2.45) is 10.8 Å². The molecule has 0 radical (unpaired) electrons. The predicted octanol–water partition coefficient (Wildman–Crippen LogP) is 2.94. The van der Waals surface area contributed by atoms with Gasteiger partial charge in [-0.2, -0.15) is 0 Å². The Labute approximate surface area is 97.2 Å². The maximum absolute atomic E-state index is 5.29. The third-order valence-corrected chi connectivity index (χ3v) is 4.29. The molecule has 3 heteroatoms. The Morgan fingerprint density at radius 1 is 1.25 bits per heavy atom. The highest BCUT2D eigenvalue weighted by Gasteiger charge is 2.65. The third-order valence-electron chi connectivity index (χ3n) is 4.29. The summed E-state index contributed by atoms with van der Waals surface area (Å²) in [6, 6.07) is 4.26. The highest BCUT2D eigenvalue weighted by Crippen LogP contribution is 2.63. The molecule has 1 heterocycles. The van der Waals surface area contributed by atoms with E-state index in [0.717, 1.165) is 11.6 Å². The lowest BCUT2D eigenvalue weighted by Gasteiger charge is -2.10. The van der Waals surface area contributed by atoms with Gasteiger partial charge in [-0.3, -0.25) is 0 Å². The molecular formula is C13H20N2O. The molecule has 1 saturated carbocycles. The molecule has 88 valence electrons. The van der Waals surface area contributed by atoms with Crippen molar-refractivity contribution in [2.75, 3.05) is 12.4 Å². The maximum Gasteiger partial charge on any atom is 0.168 e. The second-order valence-corrected chi connectivity index (χ2v) is 5.57. The van der Waals surface area contributed by atoms with E-state index in [9.17, 15) is 0 Å². The van der Waals surface area contributed by atoms with Crippen molar-refractivity contribution in [3.63, 3.8) is 0 Å². The van der Waals surface area contributed by atoms with Crippen LogP contribution in [0.4, 0.5) is 5.82 Å². The van der Waals surface area contributed by atoms with Crippen LogP contribution in [0.2, 0.25) is 0 Å². The number of pyridine rings is 1. The quantitative estimate of drug-likeness (QED) is 0.850. The summed E-state index contributed by atoms with van der Waals surface area (Å²) in [5.74, 6) is 1.65. The molecule has 0 spiro atoms. The Bertz CT molecular complexity index is 385. The molecule has 3 nitrogen and oxygen atoms in total. The number of anilines is 1. The minimum Gasteiger partial charge on any atom is -0.493 e. The van der Waals surface area contributed by atoms with Crippen LogP contribution < -0.4 is 10.1 Å². The molecule has 1 aromatic heterocycles. The lowest BCUT2D eigenvalue weighted by atomic mass is 10.0. The summed E-state index contributed by atoms with van der Waals surface area (Å²) >= 11 is 0. The summed E-state index contributed by atoms with van der Waals surface area (Å²) in [6.45, 7) is 9.11. The van der Waals surface area contributed by atoms with E-state index < -0.39 is 0 Å². The standard InChI is InChI=1S/C13H20N2O/c1-12(2)11(13(12,3)4)15-10-9(16-5)7-6-8-14-10/h6-8,11H,1-5H3,(H,14,15). The highest BCUT2D eigenvalue weighted by atomic mass is 16.5. The SMILES string of the molecule is COc1cccnc1NC1C(C)(C)C1(C)C. The first-order valence-electron chi connectivity index (χ1n) is 5.67. The fourth-order valence-corrected chi connectivity index (χ4v) is 2.36. The monoisotopic (exact) mass is 220 g/mol. The molecule has 0 saturated heterocycles. The van der Waals surface area contributed by atoms with Crippen LogP contribution >= 0.6 is 0 Å². The first-order chi connectivity index (χ1) is 7.41. The van der Waals surface area contributed by atoms with E-state index in [1.807, 2.05) is 12.1 Å². The molecule has 1 aliphatic carbocycles. The molecule has 2 rings (SSSR count). The molecule has 1 aliphatic rings. The van der Waals surface area contributed by atoms with E-state index in [-0.39, 0.29) is 0 Å². The summed E-state index contributed by atoms with van der Waals surface area (Å²) in [5, 5.41) is 3.48. The van der Waals surface area contributed by atoms with Gasteiger partial charge in [-0.1, -0.05) is 27.7 Å². The molecule has 0 aliphatic heterocycles. The summed E-state index contributed by atoms with van der Waals surface area (Å²) in [5.41, 5.74) is 0.602. The van der Waals surface area contributed by atoms with Crippen molar-refractivity contribution in [1.29, 1.82) is 0 Å². The number of hydrogen-bond donors (Lipinski definition) is 1. The number of nitrogens with zero attached hydrogens (tertiary/aromatic N) is 1. The van der Waals surface area contributed by atoms with Crippen molar-refractivity contribution in [3.8, 4) is 5.75 Å². The van der Waals surface area contributed by atoms with E-state index in [2.05, 4.69) is 38.0 Å². The average Bonchev–Trinajstić information content (AvgIpc) is 2.62. The zero-order valence-electron chi connectivity index (χ0n) is 10.7. The van der Waals surface area contributed by atoms with Gasteiger partial charge in [0.2, 0.25) is 0 Å². The van der Waals surface area contributed by atoms with E-state index >= 15 is 0 Å². The van der Waals surface area contributed by atoms with Crippen LogP contribution in [0.25, 0.3) is 0 Å². The average molecular weight is 220 g/mol. The molecule has 0 amide bonds. The Morgan fingerprint density at radius 3 is 2.38 bits per heavy atom. The van der Waals surface area contributed by atoms with Crippen LogP contribution in [0.3, 0.4) is 0 Å². The van der Waals surface area contributed by atoms with Gasteiger partial charge in [0.05, 0.1) is 7.11 Å². The van der Waals surface area contributed by atoms with Crippen LogP contribution in [-0.4, -0.2) is 18.1 Å². The van der Waals surface area contributed by atoms with Gasteiger partial charge in [0.1, 0.15) is 0 Å². The van der Waals surface area contributed by atoms with Gasteiger partial charge < -0.3 is 10.1 Å². The first-order valence-corrected chi connectivity index (χ1v) is 5.67. The van der Waals surface area contributed by atoms with Gasteiger partial charge >= 0.3 is 0 Å².